The number of fused-ring (bicyclic) bond motifs is 2. The molecular formula is C28H28N5O2S+. The predicted molar refractivity (Wildman–Crippen MR) is 142 cm³/mol. The van der Waals surface area contributed by atoms with Crippen LogP contribution < -0.4 is 10.3 Å². The zero-order chi connectivity index (χ0) is 24.5. The van der Waals surface area contributed by atoms with Crippen molar-refractivity contribution >= 4 is 33.5 Å². The van der Waals surface area contributed by atoms with Gasteiger partial charge in [-0.2, -0.15) is 0 Å². The average molecular weight is 499 g/mol. The van der Waals surface area contributed by atoms with Gasteiger partial charge >= 0.3 is 0 Å². The minimum Gasteiger partial charge on any atom is -0.435 e. The summed E-state index contributed by atoms with van der Waals surface area (Å²) in [6.07, 6.45) is 10.2. The molecule has 2 aromatic carbocycles. The molecule has 0 bridgehead atoms. The summed E-state index contributed by atoms with van der Waals surface area (Å²) >= 11 is 1.57. The van der Waals surface area contributed by atoms with E-state index in [1.165, 1.54) is 11.1 Å². The number of aromatic nitrogens is 4. The second-order valence-electron chi connectivity index (χ2n) is 9.12. The van der Waals surface area contributed by atoms with Gasteiger partial charge in [-0.15, -0.1) is 11.3 Å². The van der Waals surface area contributed by atoms with Crippen LogP contribution in [0.1, 0.15) is 24.0 Å². The molecule has 182 valence electrons. The van der Waals surface area contributed by atoms with Gasteiger partial charge in [-0.1, -0.05) is 12.1 Å². The molecular weight excluding hydrogens is 470 g/mol. The maximum Gasteiger partial charge on any atom is 0.243 e. The topological polar surface area (TPSA) is 86.9 Å². The standard InChI is InChI=1S/C28H28N5O2S/c1-32-14-15-33(18-32)13-3-5-20-7-9-24-22(17-20)31-28(35-24)26-11-10-25(36-26)27-30-21-16-19(4-2-12-29)6-8-23(21)34-27/h6-11,14-18H,2-5,12-13,29H2,1H3/q+1. The summed E-state index contributed by atoms with van der Waals surface area (Å²) in [5.41, 5.74) is 11.5. The fourth-order valence-corrected chi connectivity index (χ4v) is 5.30. The number of benzene rings is 2. The molecule has 0 atom stereocenters. The Labute approximate surface area is 212 Å². The number of rotatable bonds is 9. The summed E-state index contributed by atoms with van der Waals surface area (Å²) < 4.78 is 16.4. The molecule has 0 aliphatic rings. The minimum absolute atomic E-state index is 0.618. The van der Waals surface area contributed by atoms with Crippen molar-refractivity contribution in [3.8, 4) is 21.5 Å². The van der Waals surface area contributed by atoms with Crippen LogP contribution in [0.3, 0.4) is 0 Å². The predicted octanol–water partition coefficient (Wildman–Crippen LogP) is 5.51. The van der Waals surface area contributed by atoms with Crippen LogP contribution >= 0.6 is 11.3 Å². The van der Waals surface area contributed by atoms with Gasteiger partial charge in [0.25, 0.3) is 0 Å². The maximum atomic E-state index is 6.08. The molecule has 6 rings (SSSR count). The zero-order valence-electron chi connectivity index (χ0n) is 20.2. The maximum absolute atomic E-state index is 6.08. The normalized spacial score (nSPS) is 11.7. The van der Waals surface area contributed by atoms with Crippen LogP contribution in [-0.2, 0) is 26.4 Å². The third kappa shape index (κ3) is 4.69. The van der Waals surface area contributed by atoms with E-state index in [-0.39, 0.29) is 0 Å². The highest BCUT2D eigenvalue weighted by molar-refractivity contribution is 7.18. The molecule has 0 aliphatic carbocycles. The summed E-state index contributed by atoms with van der Waals surface area (Å²) in [6, 6.07) is 16.5. The first kappa shape index (κ1) is 22.7. The molecule has 8 heteroatoms. The van der Waals surface area contributed by atoms with Gasteiger partial charge in [0, 0.05) is 0 Å². The third-order valence-electron chi connectivity index (χ3n) is 6.31. The largest absolute Gasteiger partial charge is 0.435 e. The molecule has 0 saturated heterocycles. The van der Waals surface area contributed by atoms with Crippen molar-refractivity contribution in [2.45, 2.75) is 32.2 Å². The van der Waals surface area contributed by atoms with Crippen LogP contribution in [0.4, 0.5) is 0 Å². The number of thiophene rings is 1. The van der Waals surface area contributed by atoms with Crippen LogP contribution in [0, 0.1) is 0 Å². The first-order valence-electron chi connectivity index (χ1n) is 12.3. The number of aryl methyl sites for hydroxylation is 4. The molecule has 7 nitrogen and oxygen atoms in total. The quantitative estimate of drug-likeness (QED) is 0.266. The summed E-state index contributed by atoms with van der Waals surface area (Å²) in [5, 5.41) is 0. The van der Waals surface area contributed by atoms with E-state index in [0.717, 1.165) is 64.2 Å². The molecule has 0 fully saturated rings. The van der Waals surface area contributed by atoms with Crippen molar-refractivity contribution in [2.24, 2.45) is 12.8 Å². The molecule has 2 N–H and O–H groups in total. The van der Waals surface area contributed by atoms with E-state index in [9.17, 15) is 0 Å². The van der Waals surface area contributed by atoms with E-state index < -0.39 is 0 Å². The van der Waals surface area contributed by atoms with Gasteiger partial charge in [0.1, 0.15) is 23.4 Å². The summed E-state index contributed by atoms with van der Waals surface area (Å²) in [7, 11) is 2.04. The second kappa shape index (κ2) is 9.72. The fraction of sp³-hybridized carbons (Fsp3) is 0.250. The van der Waals surface area contributed by atoms with Gasteiger partial charge in [-0.25, -0.2) is 19.1 Å². The lowest BCUT2D eigenvalue weighted by atomic mass is 10.1. The number of nitrogens with two attached hydrogens (primary N) is 1. The van der Waals surface area contributed by atoms with Gasteiger partial charge in [0.2, 0.25) is 18.1 Å². The van der Waals surface area contributed by atoms with Crippen LogP contribution in [0.5, 0.6) is 0 Å². The van der Waals surface area contributed by atoms with Crippen molar-refractivity contribution in [1.82, 2.24) is 14.5 Å². The van der Waals surface area contributed by atoms with Crippen molar-refractivity contribution in [3.63, 3.8) is 0 Å². The Morgan fingerprint density at radius 2 is 1.47 bits per heavy atom. The van der Waals surface area contributed by atoms with Crippen LogP contribution in [0.25, 0.3) is 43.7 Å². The fourth-order valence-electron chi connectivity index (χ4n) is 4.44. The first-order chi connectivity index (χ1) is 17.6. The summed E-state index contributed by atoms with van der Waals surface area (Å²) in [4.78, 5) is 11.4. The third-order valence-corrected chi connectivity index (χ3v) is 7.37. The van der Waals surface area contributed by atoms with E-state index in [1.54, 1.807) is 11.3 Å². The molecule has 0 aliphatic heterocycles. The average Bonchev–Trinajstić information content (AvgIpc) is 3.67. The van der Waals surface area contributed by atoms with E-state index in [2.05, 4.69) is 52.1 Å². The van der Waals surface area contributed by atoms with Gasteiger partial charge in [-0.3, -0.25) is 0 Å². The molecule has 4 aromatic heterocycles. The van der Waals surface area contributed by atoms with E-state index in [1.807, 2.05) is 31.3 Å². The van der Waals surface area contributed by atoms with Gasteiger partial charge in [0.05, 0.1) is 23.3 Å². The van der Waals surface area contributed by atoms with E-state index in [4.69, 9.17) is 24.5 Å². The second-order valence-corrected chi connectivity index (χ2v) is 10.2. The lowest BCUT2D eigenvalue weighted by Gasteiger charge is -1.99. The molecule has 0 unspecified atom stereocenters. The number of hydrogen-bond acceptors (Lipinski definition) is 6. The number of oxazole rings is 2. The number of nitrogens with zero attached hydrogens (tertiary/aromatic N) is 4. The van der Waals surface area contributed by atoms with Crippen LogP contribution in [0.2, 0.25) is 0 Å². The highest BCUT2D eigenvalue weighted by Crippen LogP contribution is 2.36. The van der Waals surface area contributed by atoms with Crippen molar-refractivity contribution < 1.29 is 13.4 Å². The Morgan fingerprint density at radius 3 is 2.03 bits per heavy atom. The molecule has 6 aromatic rings. The molecule has 0 saturated carbocycles. The van der Waals surface area contributed by atoms with E-state index in [0.29, 0.717) is 18.3 Å². The first-order valence-corrected chi connectivity index (χ1v) is 13.1. The monoisotopic (exact) mass is 498 g/mol. The Hall–Kier alpha value is -3.75. The van der Waals surface area contributed by atoms with Crippen LogP contribution in [-0.4, -0.2) is 21.1 Å². The molecule has 0 amide bonds. The SMILES string of the molecule is C[n+]1ccn(CCCc2ccc3oc(-c4ccc(-c5nc6cc(CCCN)ccc6o5)s4)nc3c2)c1. The molecule has 36 heavy (non-hydrogen) atoms. The number of hydrogen-bond donors (Lipinski definition) is 1. The minimum atomic E-state index is 0.618. The van der Waals surface area contributed by atoms with Gasteiger partial charge < -0.3 is 14.6 Å². The highest BCUT2D eigenvalue weighted by Gasteiger charge is 2.16. The Bertz CT molecular complexity index is 1640. The Kier molecular flexibility index (Phi) is 6.13. The summed E-state index contributed by atoms with van der Waals surface area (Å²) in [6.45, 7) is 1.68. The Balaban J connectivity index is 1.18. The highest BCUT2D eigenvalue weighted by atomic mass is 32.1. The summed E-state index contributed by atoms with van der Waals surface area (Å²) in [5.74, 6) is 1.24. The van der Waals surface area contributed by atoms with Crippen molar-refractivity contribution in [3.05, 3.63) is 78.4 Å². The van der Waals surface area contributed by atoms with Crippen molar-refractivity contribution in [2.75, 3.05) is 6.54 Å². The lowest BCUT2D eigenvalue weighted by molar-refractivity contribution is -0.671. The van der Waals surface area contributed by atoms with Gasteiger partial charge in [0.15, 0.2) is 11.2 Å². The van der Waals surface area contributed by atoms with E-state index >= 15 is 0 Å². The molecule has 4 heterocycles. The van der Waals surface area contributed by atoms with Crippen molar-refractivity contribution in [1.29, 1.82) is 0 Å². The van der Waals surface area contributed by atoms with Crippen LogP contribution in [0.15, 0.2) is 76.1 Å². The molecule has 0 spiro atoms. The Morgan fingerprint density at radius 1 is 0.861 bits per heavy atom. The molecule has 0 radical (unpaired) electrons. The van der Waals surface area contributed by atoms with Gasteiger partial charge in [-0.05, 0) is 79.8 Å². The number of imidazole rings is 1. The lowest BCUT2D eigenvalue weighted by Crippen LogP contribution is -2.23. The zero-order valence-corrected chi connectivity index (χ0v) is 21.0. The smallest absolute Gasteiger partial charge is 0.243 e.